The lowest BCUT2D eigenvalue weighted by Crippen LogP contribution is -2.01. The van der Waals surface area contributed by atoms with Gasteiger partial charge in [-0.1, -0.05) is 11.6 Å². The maximum atomic E-state index is 11.2. The number of carbonyl (C=O) groups excluding carboxylic acids is 1. The van der Waals surface area contributed by atoms with Crippen molar-refractivity contribution in [3.8, 4) is 0 Å². The molecule has 0 bridgehead atoms. The molecule has 3 nitrogen and oxygen atoms in total. The van der Waals surface area contributed by atoms with Crippen molar-refractivity contribution in [2.45, 2.75) is 10.6 Å². The van der Waals surface area contributed by atoms with Crippen LogP contribution in [-0.2, 0) is 10.5 Å². The number of rotatable bonds is 4. The van der Waals surface area contributed by atoms with Crippen molar-refractivity contribution in [2.24, 2.45) is 0 Å². The summed E-state index contributed by atoms with van der Waals surface area (Å²) >= 11 is 8.92. The first-order valence-corrected chi connectivity index (χ1v) is 7.34. The summed E-state index contributed by atoms with van der Waals surface area (Å²) < 4.78 is 4.61. The van der Waals surface area contributed by atoms with Gasteiger partial charge in [0.05, 0.1) is 12.9 Å². The third kappa shape index (κ3) is 3.48. The standard InChI is InChI=1S/C12H10ClNO2S2/c1-16-12(15)10-6-18-11(14-10)7-17-9-4-2-8(13)3-5-9/h2-6H,7H2,1H3. The number of hydrogen-bond donors (Lipinski definition) is 0. The van der Waals surface area contributed by atoms with Gasteiger partial charge in [0, 0.05) is 15.3 Å². The van der Waals surface area contributed by atoms with Gasteiger partial charge in [0.25, 0.3) is 0 Å². The number of thioether (sulfide) groups is 1. The van der Waals surface area contributed by atoms with Crippen LogP contribution in [0.1, 0.15) is 15.5 Å². The van der Waals surface area contributed by atoms with Crippen LogP contribution >= 0.6 is 34.7 Å². The molecule has 2 aromatic rings. The van der Waals surface area contributed by atoms with Crippen molar-refractivity contribution >= 4 is 40.7 Å². The van der Waals surface area contributed by atoms with Crippen LogP contribution in [0.2, 0.25) is 5.02 Å². The zero-order chi connectivity index (χ0) is 13.0. The van der Waals surface area contributed by atoms with Crippen molar-refractivity contribution in [1.82, 2.24) is 4.98 Å². The molecule has 0 saturated carbocycles. The van der Waals surface area contributed by atoms with E-state index in [4.69, 9.17) is 11.6 Å². The summed E-state index contributed by atoms with van der Waals surface area (Å²) in [5.74, 6) is 0.331. The Morgan fingerprint density at radius 2 is 2.17 bits per heavy atom. The fraction of sp³-hybridized carbons (Fsp3) is 0.167. The number of halogens is 1. The Hall–Kier alpha value is -1.04. The minimum absolute atomic E-state index is 0.370. The third-order valence-electron chi connectivity index (χ3n) is 2.12. The van der Waals surface area contributed by atoms with Crippen molar-refractivity contribution < 1.29 is 9.53 Å². The molecule has 0 amide bonds. The first-order chi connectivity index (χ1) is 8.69. The Morgan fingerprint density at radius 3 is 2.83 bits per heavy atom. The monoisotopic (exact) mass is 299 g/mol. The Balaban J connectivity index is 1.96. The first-order valence-electron chi connectivity index (χ1n) is 5.10. The highest BCUT2D eigenvalue weighted by Crippen LogP contribution is 2.25. The molecule has 0 radical (unpaired) electrons. The second kappa shape index (κ2) is 6.22. The highest BCUT2D eigenvalue weighted by molar-refractivity contribution is 7.98. The highest BCUT2D eigenvalue weighted by Gasteiger charge is 2.10. The van der Waals surface area contributed by atoms with Gasteiger partial charge < -0.3 is 4.74 Å². The SMILES string of the molecule is COC(=O)c1csc(CSc2ccc(Cl)cc2)n1. The number of ether oxygens (including phenoxy) is 1. The van der Waals surface area contributed by atoms with Gasteiger partial charge in [-0.25, -0.2) is 9.78 Å². The largest absolute Gasteiger partial charge is 0.464 e. The van der Waals surface area contributed by atoms with Crippen LogP contribution in [0.25, 0.3) is 0 Å². The molecule has 0 aliphatic rings. The van der Waals surface area contributed by atoms with Crippen molar-refractivity contribution in [1.29, 1.82) is 0 Å². The van der Waals surface area contributed by atoms with Gasteiger partial charge in [0.2, 0.25) is 0 Å². The predicted octanol–water partition coefficient (Wildman–Crippen LogP) is 3.88. The molecule has 1 heterocycles. The molecule has 0 aliphatic carbocycles. The summed E-state index contributed by atoms with van der Waals surface area (Å²) in [4.78, 5) is 16.6. The summed E-state index contributed by atoms with van der Waals surface area (Å²) in [6.07, 6.45) is 0. The minimum atomic E-state index is -0.394. The van der Waals surface area contributed by atoms with E-state index < -0.39 is 5.97 Å². The van der Waals surface area contributed by atoms with Crippen molar-refractivity contribution in [2.75, 3.05) is 7.11 Å². The quantitative estimate of drug-likeness (QED) is 0.634. The van der Waals surface area contributed by atoms with E-state index in [-0.39, 0.29) is 0 Å². The molecule has 0 saturated heterocycles. The van der Waals surface area contributed by atoms with Gasteiger partial charge in [-0.3, -0.25) is 0 Å². The number of nitrogens with zero attached hydrogens (tertiary/aromatic N) is 1. The molecule has 94 valence electrons. The molecule has 0 unspecified atom stereocenters. The maximum absolute atomic E-state index is 11.2. The third-order valence-corrected chi connectivity index (χ3v) is 4.43. The van der Waals surface area contributed by atoms with Crippen molar-refractivity contribution in [3.63, 3.8) is 0 Å². The lowest BCUT2D eigenvalue weighted by atomic mass is 10.4. The van der Waals surface area contributed by atoms with Gasteiger partial charge in [-0.2, -0.15) is 0 Å². The van der Waals surface area contributed by atoms with Gasteiger partial charge in [-0.05, 0) is 24.3 Å². The van der Waals surface area contributed by atoms with Gasteiger partial charge >= 0.3 is 5.97 Å². The highest BCUT2D eigenvalue weighted by atomic mass is 35.5. The summed E-state index contributed by atoms with van der Waals surface area (Å²) in [5.41, 5.74) is 0.370. The Bertz CT molecular complexity index is 539. The fourth-order valence-electron chi connectivity index (χ4n) is 1.25. The summed E-state index contributed by atoms with van der Waals surface area (Å²) in [5, 5.41) is 3.33. The van der Waals surface area contributed by atoms with Gasteiger partial charge in [-0.15, -0.1) is 23.1 Å². The zero-order valence-electron chi connectivity index (χ0n) is 9.55. The van der Waals surface area contributed by atoms with E-state index in [1.165, 1.54) is 18.4 Å². The summed E-state index contributed by atoms with van der Waals surface area (Å²) in [6.45, 7) is 0. The fourth-order valence-corrected chi connectivity index (χ4v) is 3.06. The second-order valence-corrected chi connectivity index (χ2v) is 5.79. The van der Waals surface area contributed by atoms with Crippen LogP contribution in [0.15, 0.2) is 34.5 Å². The smallest absolute Gasteiger partial charge is 0.357 e. The maximum Gasteiger partial charge on any atom is 0.357 e. The van der Waals surface area contributed by atoms with Crippen LogP contribution < -0.4 is 0 Å². The number of aromatic nitrogens is 1. The molecule has 0 fully saturated rings. The van der Waals surface area contributed by atoms with E-state index >= 15 is 0 Å². The van der Waals surface area contributed by atoms with Crippen LogP contribution in [0.5, 0.6) is 0 Å². The molecule has 0 spiro atoms. The average Bonchev–Trinajstić information content (AvgIpc) is 2.86. The number of methoxy groups -OCH3 is 1. The molecule has 1 aromatic heterocycles. The van der Waals surface area contributed by atoms with Crippen LogP contribution in [0, 0.1) is 0 Å². The van der Waals surface area contributed by atoms with Gasteiger partial charge in [0.1, 0.15) is 5.01 Å². The average molecular weight is 300 g/mol. The lowest BCUT2D eigenvalue weighted by molar-refractivity contribution is 0.0595. The minimum Gasteiger partial charge on any atom is -0.464 e. The van der Waals surface area contributed by atoms with Crippen molar-refractivity contribution in [3.05, 3.63) is 45.4 Å². The molecule has 1 aromatic carbocycles. The van der Waals surface area contributed by atoms with Crippen LogP contribution in [0.4, 0.5) is 0 Å². The number of benzene rings is 1. The molecule has 0 aliphatic heterocycles. The van der Waals surface area contributed by atoms with Crippen LogP contribution in [-0.4, -0.2) is 18.1 Å². The molecule has 18 heavy (non-hydrogen) atoms. The molecule has 2 rings (SSSR count). The Morgan fingerprint density at radius 1 is 1.44 bits per heavy atom. The van der Waals surface area contributed by atoms with E-state index in [1.54, 1.807) is 17.1 Å². The number of esters is 1. The number of hydrogen-bond acceptors (Lipinski definition) is 5. The van der Waals surface area contributed by atoms with E-state index in [9.17, 15) is 4.79 Å². The zero-order valence-corrected chi connectivity index (χ0v) is 11.9. The Labute approximate surface area is 118 Å². The Kier molecular flexibility index (Phi) is 4.63. The molecule has 6 heteroatoms. The topological polar surface area (TPSA) is 39.2 Å². The summed E-state index contributed by atoms with van der Waals surface area (Å²) in [7, 11) is 1.35. The van der Waals surface area contributed by atoms with E-state index in [0.717, 1.165) is 20.7 Å². The lowest BCUT2D eigenvalue weighted by Gasteiger charge is -1.98. The molecule has 0 N–H and O–H groups in total. The normalized spacial score (nSPS) is 10.3. The number of thiazole rings is 1. The second-order valence-electron chi connectivity index (χ2n) is 3.36. The molecular weight excluding hydrogens is 290 g/mol. The number of carbonyl (C=O) groups is 1. The molecular formula is C12H10ClNO2S2. The first kappa shape index (κ1) is 13.4. The van der Waals surface area contributed by atoms with E-state index in [2.05, 4.69) is 9.72 Å². The predicted molar refractivity (Wildman–Crippen MR) is 74.5 cm³/mol. The summed E-state index contributed by atoms with van der Waals surface area (Å²) in [6, 6.07) is 7.63. The van der Waals surface area contributed by atoms with Crippen LogP contribution in [0.3, 0.4) is 0 Å². The van der Waals surface area contributed by atoms with E-state index in [1.807, 2.05) is 24.3 Å². The van der Waals surface area contributed by atoms with Gasteiger partial charge in [0.15, 0.2) is 5.69 Å². The molecule has 0 atom stereocenters. The van der Waals surface area contributed by atoms with E-state index in [0.29, 0.717) is 5.69 Å².